The van der Waals surface area contributed by atoms with E-state index in [2.05, 4.69) is 11.0 Å². The van der Waals surface area contributed by atoms with Crippen molar-refractivity contribution < 1.29 is 9.84 Å². The minimum absolute atomic E-state index is 0.0393. The van der Waals surface area contributed by atoms with Gasteiger partial charge < -0.3 is 14.7 Å². The Morgan fingerprint density at radius 1 is 1.44 bits per heavy atom. The van der Waals surface area contributed by atoms with Crippen molar-refractivity contribution in [1.82, 2.24) is 0 Å². The topological polar surface area (TPSA) is 32.7 Å². The van der Waals surface area contributed by atoms with Crippen LogP contribution in [-0.4, -0.2) is 31.9 Å². The first-order valence-corrected chi connectivity index (χ1v) is 6.43. The molecule has 0 amide bonds. The van der Waals surface area contributed by atoms with Crippen molar-refractivity contribution >= 4 is 17.3 Å². The lowest BCUT2D eigenvalue weighted by molar-refractivity contribution is 0.222. The summed E-state index contributed by atoms with van der Waals surface area (Å²) in [7, 11) is 1.72. The highest BCUT2D eigenvalue weighted by atomic mass is 35.5. The fourth-order valence-corrected chi connectivity index (χ4v) is 2.38. The second kappa shape index (κ2) is 6.23. The summed E-state index contributed by atoms with van der Waals surface area (Å²) < 4.78 is 5.14. The summed E-state index contributed by atoms with van der Waals surface area (Å²) in [6, 6.07) is 5.61. The SMILES string of the molecule is COCC1=CCN(c2cc(Cl)ccc2CO)CC1. The Morgan fingerprint density at radius 3 is 2.89 bits per heavy atom. The van der Waals surface area contributed by atoms with Gasteiger partial charge in [-0.3, -0.25) is 0 Å². The molecule has 1 aromatic rings. The molecule has 1 aliphatic heterocycles. The van der Waals surface area contributed by atoms with Gasteiger partial charge in [-0.25, -0.2) is 0 Å². The summed E-state index contributed by atoms with van der Waals surface area (Å²) in [6.07, 6.45) is 3.18. The standard InChI is InChI=1S/C14H18ClNO2/c1-18-10-11-4-6-16(7-5-11)14-8-13(15)3-2-12(14)9-17/h2-4,8,17H,5-7,9-10H2,1H3. The van der Waals surface area contributed by atoms with Crippen molar-refractivity contribution in [2.45, 2.75) is 13.0 Å². The lowest BCUT2D eigenvalue weighted by Gasteiger charge is -2.30. The van der Waals surface area contributed by atoms with Crippen LogP contribution in [0.3, 0.4) is 0 Å². The number of aliphatic hydroxyl groups excluding tert-OH is 1. The Morgan fingerprint density at radius 2 is 2.28 bits per heavy atom. The van der Waals surface area contributed by atoms with Gasteiger partial charge in [0.1, 0.15) is 0 Å². The third-order valence-corrected chi connectivity index (χ3v) is 3.43. The minimum Gasteiger partial charge on any atom is -0.392 e. The molecule has 0 aromatic heterocycles. The van der Waals surface area contributed by atoms with Crippen molar-refractivity contribution in [3.8, 4) is 0 Å². The molecule has 3 nitrogen and oxygen atoms in total. The molecule has 0 saturated carbocycles. The number of anilines is 1. The fourth-order valence-electron chi connectivity index (χ4n) is 2.21. The normalized spacial score (nSPS) is 15.7. The second-order valence-corrected chi connectivity index (χ2v) is 4.86. The van der Waals surface area contributed by atoms with Gasteiger partial charge in [-0.15, -0.1) is 0 Å². The lowest BCUT2D eigenvalue weighted by Crippen LogP contribution is -2.30. The molecule has 4 heteroatoms. The van der Waals surface area contributed by atoms with Gasteiger partial charge in [0.15, 0.2) is 0 Å². The molecule has 1 aromatic carbocycles. The van der Waals surface area contributed by atoms with Crippen LogP contribution in [0.15, 0.2) is 29.8 Å². The maximum Gasteiger partial charge on any atom is 0.0702 e. The number of methoxy groups -OCH3 is 1. The van der Waals surface area contributed by atoms with Gasteiger partial charge in [-0.1, -0.05) is 23.7 Å². The van der Waals surface area contributed by atoms with Crippen molar-refractivity contribution in [3.05, 3.63) is 40.4 Å². The molecule has 0 aliphatic carbocycles. The molecule has 0 atom stereocenters. The molecule has 0 unspecified atom stereocenters. The predicted molar refractivity (Wildman–Crippen MR) is 74.2 cm³/mol. The van der Waals surface area contributed by atoms with Crippen LogP contribution in [0.1, 0.15) is 12.0 Å². The number of halogens is 1. The Hall–Kier alpha value is -1.03. The van der Waals surface area contributed by atoms with E-state index in [9.17, 15) is 5.11 Å². The first-order valence-electron chi connectivity index (χ1n) is 6.05. The molecule has 2 rings (SSSR count). The molecule has 0 radical (unpaired) electrons. The van der Waals surface area contributed by atoms with Crippen LogP contribution in [0.2, 0.25) is 5.02 Å². The van der Waals surface area contributed by atoms with Gasteiger partial charge >= 0.3 is 0 Å². The van der Waals surface area contributed by atoms with E-state index in [0.29, 0.717) is 11.6 Å². The summed E-state index contributed by atoms with van der Waals surface area (Å²) >= 11 is 6.03. The van der Waals surface area contributed by atoms with E-state index in [0.717, 1.165) is 30.8 Å². The molecule has 0 saturated heterocycles. The van der Waals surface area contributed by atoms with Gasteiger partial charge in [0, 0.05) is 36.5 Å². The zero-order chi connectivity index (χ0) is 13.0. The van der Waals surface area contributed by atoms with E-state index in [-0.39, 0.29) is 6.61 Å². The van der Waals surface area contributed by atoms with Crippen LogP contribution < -0.4 is 4.90 Å². The van der Waals surface area contributed by atoms with Gasteiger partial charge in [0.2, 0.25) is 0 Å². The number of nitrogens with zero attached hydrogens (tertiary/aromatic N) is 1. The molecule has 98 valence electrons. The largest absolute Gasteiger partial charge is 0.392 e. The number of benzene rings is 1. The first kappa shape index (κ1) is 13.4. The van der Waals surface area contributed by atoms with Gasteiger partial charge in [0.25, 0.3) is 0 Å². The third kappa shape index (κ3) is 3.05. The number of ether oxygens (including phenoxy) is 1. The van der Waals surface area contributed by atoms with Crippen molar-refractivity contribution in [1.29, 1.82) is 0 Å². The average molecular weight is 268 g/mol. The first-order chi connectivity index (χ1) is 8.74. The van der Waals surface area contributed by atoms with Crippen molar-refractivity contribution in [2.24, 2.45) is 0 Å². The van der Waals surface area contributed by atoms with Gasteiger partial charge in [-0.2, -0.15) is 0 Å². The zero-order valence-corrected chi connectivity index (χ0v) is 11.3. The highest BCUT2D eigenvalue weighted by molar-refractivity contribution is 6.30. The molecule has 18 heavy (non-hydrogen) atoms. The highest BCUT2D eigenvalue weighted by Gasteiger charge is 2.15. The van der Waals surface area contributed by atoms with Gasteiger partial charge in [-0.05, 0) is 24.1 Å². The molecular formula is C14H18ClNO2. The van der Waals surface area contributed by atoms with E-state index >= 15 is 0 Å². The summed E-state index contributed by atoms with van der Waals surface area (Å²) in [4.78, 5) is 2.23. The fraction of sp³-hybridized carbons (Fsp3) is 0.429. The molecule has 1 aliphatic rings. The second-order valence-electron chi connectivity index (χ2n) is 4.42. The highest BCUT2D eigenvalue weighted by Crippen LogP contribution is 2.27. The third-order valence-electron chi connectivity index (χ3n) is 3.19. The molecule has 0 bridgehead atoms. The number of hydrogen-bond donors (Lipinski definition) is 1. The maximum atomic E-state index is 9.37. The lowest BCUT2D eigenvalue weighted by atomic mass is 10.1. The van der Waals surface area contributed by atoms with Gasteiger partial charge in [0.05, 0.1) is 13.2 Å². The van der Waals surface area contributed by atoms with Crippen LogP contribution in [0.25, 0.3) is 0 Å². The number of hydrogen-bond acceptors (Lipinski definition) is 3. The number of aliphatic hydroxyl groups is 1. The van der Waals surface area contributed by atoms with E-state index in [4.69, 9.17) is 16.3 Å². The predicted octanol–water partition coefficient (Wildman–Crippen LogP) is 2.62. The molecule has 1 N–H and O–H groups in total. The molecule has 1 heterocycles. The van der Waals surface area contributed by atoms with Crippen LogP contribution in [0, 0.1) is 0 Å². The Bertz CT molecular complexity index is 445. The van der Waals surface area contributed by atoms with Crippen LogP contribution in [0.4, 0.5) is 5.69 Å². The van der Waals surface area contributed by atoms with E-state index in [1.807, 2.05) is 18.2 Å². The van der Waals surface area contributed by atoms with E-state index < -0.39 is 0 Å². The number of rotatable bonds is 4. The summed E-state index contributed by atoms with van der Waals surface area (Å²) in [5, 5.41) is 10.1. The molecular weight excluding hydrogens is 250 g/mol. The monoisotopic (exact) mass is 267 g/mol. The zero-order valence-electron chi connectivity index (χ0n) is 10.5. The average Bonchev–Trinajstić information content (AvgIpc) is 2.40. The Kier molecular flexibility index (Phi) is 4.64. The van der Waals surface area contributed by atoms with Crippen molar-refractivity contribution in [2.75, 3.05) is 31.7 Å². The summed E-state index contributed by atoms with van der Waals surface area (Å²) in [5.41, 5.74) is 3.28. The Balaban J connectivity index is 2.16. The van der Waals surface area contributed by atoms with Crippen LogP contribution in [-0.2, 0) is 11.3 Å². The van der Waals surface area contributed by atoms with E-state index in [1.165, 1.54) is 5.57 Å². The molecule has 0 spiro atoms. The van der Waals surface area contributed by atoms with Crippen LogP contribution >= 0.6 is 11.6 Å². The van der Waals surface area contributed by atoms with Crippen molar-refractivity contribution in [3.63, 3.8) is 0 Å². The summed E-state index contributed by atoms with van der Waals surface area (Å²) in [6.45, 7) is 2.52. The maximum absolute atomic E-state index is 9.37. The quantitative estimate of drug-likeness (QED) is 0.852. The minimum atomic E-state index is 0.0393. The molecule has 0 fully saturated rings. The summed E-state index contributed by atoms with van der Waals surface area (Å²) in [5.74, 6) is 0. The van der Waals surface area contributed by atoms with Crippen LogP contribution in [0.5, 0.6) is 0 Å². The Labute approximate surface area is 113 Å². The van der Waals surface area contributed by atoms with E-state index in [1.54, 1.807) is 7.11 Å². The smallest absolute Gasteiger partial charge is 0.0702 e.